The van der Waals surface area contributed by atoms with Crippen molar-refractivity contribution in [3.63, 3.8) is 0 Å². The number of hydrogen-bond acceptors (Lipinski definition) is 2. The largest absolute Gasteiger partial charge is 0.276 e. The fourth-order valence-electron chi connectivity index (χ4n) is 7.33. The van der Waals surface area contributed by atoms with E-state index in [1.165, 1.54) is 39.0 Å². The highest BCUT2D eigenvalue weighted by molar-refractivity contribution is 6.14. The molecular formula is C48H34N2. The first kappa shape index (κ1) is 29.7. The van der Waals surface area contributed by atoms with E-state index < -0.39 is 0 Å². The highest BCUT2D eigenvalue weighted by Gasteiger charge is 2.33. The number of allylic oxidation sites excluding steroid dienone is 1. The van der Waals surface area contributed by atoms with Crippen LogP contribution in [0.2, 0.25) is 0 Å². The van der Waals surface area contributed by atoms with Gasteiger partial charge in [-0.1, -0.05) is 164 Å². The van der Waals surface area contributed by atoms with Gasteiger partial charge in [0.2, 0.25) is 0 Å². The maximum Gasteiger partial charge on any atom is 0.0800 e. The van der Waals surface area contributed by atoms with Crippen LogP contribution < -0.4 is 0 Å². The second kappa shape index (κ2) is 12.9. The molecule has 236 valence electrons. The van der Waals surface area contributed by atoms with Crippen LogP contribution in [0, 0.1) is 0 Å². The molecule has 0 saturated heterocycles. The third-order valence-corrected chi connectivity index (χ3v) is 9.82. The Balaban J connectivity index is 1.15. The van der Waals surface area contributed by atoms with Gasteiger partial charge < -0.3 is 0 Å². The number of hydrogen-bond donors (Lipinski definition) is 0. The van der Waals surface area contributed by atoms with Crippen molar-refractivity contribution >= 4 is 17.4 Å². The van der Waals surface area contributed by atoms with Crippen LogP contribution in [-0.2, 0) is 0 Å². The van der Waals surface area contributed by atoms with Crippen LogP contribution in [0.1, 0.15) is 28.2 Å². The molecule has 0 saturated carbocycles. The Morgan fingerprint density at radius 3 is 1.66 bits per heavy atom. The number of fused-ring (bicyclic) bond motifs is 3. The molecule has 0 bridgehead atoms. The van der Waals surface area contributed by atoms with E-state index in [2.05, 4.69) is 194 Å². The maximum atomic E-state index is 5.29. The monoisotopic (exact) mass is 638 g/mol. The summed E-state index contributed by atoms with van der Waals surface area (Å²) in [4.78, 5) is 10.5. The van der Waals surface area contributed by atoms with Gasteiger partial charge in [-0.2, -0.15) is 0 Å². The van der Waals surface area contributed by atoms with Gasteiger partial charge in [0.1, 0.15) is 0 Å². The average Bonchev–Trinajstić information content (AvgIpc) is 3.21. The van der Waals surface area contributed by atoms with E-state index in [0.29, 0.717) is 0 Å². The van der Waals surface area contributed by atoms with Gasteiger partial charge >= 0.3 is 0 Å². The summed E-state index contributed by atoms with van der Waals surface area (Å²) in [6, 6.07) is 62.5. The second-order valence-electron chi connectivity index (χ2n) is 13.0. The molecule has 2 nitrogen and oxygen atoms in total. The molecule has 0 N–H and O–H groups in total. The number of nitrogens with zero attached hydrogens (tertiary/aromatic N) is 2. The van der Waals surface area contributed by atoms with E-state index in [-0.39, 0.29) is 12.0 Å². The zero-order chi connectivity index (χ0) is 33.3. The van der Waals surface area contributed by atoms with Crippen LogP contribution in [0.4, 0.5) is 0 Å². The highest BCUT2D eigenvalue weighted by Crippen LogP contribution is 2.45. The van der Waals surface area contributed by atoms with Crippen LogP contribution in [0.5, 0.6) is 0 Å². The molecule has 1 aromatic heterocycles. The van der Waals surface area contributed by atoms with Crippen molar-refractivity contribution in [3.05, 3.63) is 210 Å². The molecule has 9 rings (SSSR count). The van der Waals surface area contributed by atoms with E-state index in [4.69, 9.17) is 9.98 Å². The summed E-state index contributed by atoms with van der Waals surface area (Å²) in [5, 5.41) is 0. The lowest BCUT2D eigenvalue weighted by Gasteiger charge is -2.34. The average molecular weight is 639 g/mol. The summed E-state index contributed by atoms with van der Waals surface area (Å²) < 4.78 is 0. The summed E-state index contributed by atoms with van der Waals surface area (Å²) in [6.07, 6.45) is 6.86. The molecule has 2 heterocycles. The van der Waals surface area contributed by atoms with Gasteiger partial charge in [-0.25, -0.2) is 4.98 Å². The van der Waals surface area contributed by atoms with Crippen molar-refractivity contribution < 1.29 is 0 Å². The van der Waals surface area contributed by atoms with Crippen molar-refractivity contribution in [1.29, 1.82) is 0 Å². The second-order valence-corrected chi connectivity index (χ2v) is 13.0. The summed E-state index contributed by atoms with van der Waals surface area (Å²) in [7, 11) is 0. The molecule has 6 aromatic carbocycles. The van der Waals surface area contributed by atoms with Crippen LogP contribution in [0.3, 0.4) is 0 Å². The molecular weight excluding hydrogens is 605 g/mol. The summed E-state index contributed by atoms with van der Waals surface area (Å²) in [5.74, 6) is 0.132. The lowest BCUT2D eigenvalue weighted by molar-refractivity contribution is 0.724. The molecule has 7 aromatic rings. The molecule has 2 atom stereocenters. The number of rotatable bonds is 6. The Morgan fingerprint density at radius 1 is 0.400 bits per heavy atom. The molecule has 0 amide bonds. The van der Waals surface area contributed by atoms with Crippen LogP contribution in [0.25, 0.3) is 56.4 Å². The molecule has 2 aliphatic rings. The molecule has 1 aliphatic carbocycles. The third kappa shape index (κ3) is 5.71. The van der Waals surface area contributed by atoms with E-state index >= 15 is 0 Å². The van der Waals surface area contributed by atoms with Gasteiger partial charge in [0.05, 0.1) is 23.1 Å². The molecule has 0 spiro atoms. The maximum absolute atomic E-state index is 5.29. The predicted octanol–water partition coefficient (Wildman–Crippen LogP) is 11.8. The lowest BCUT2D eigenvalue weighted by Crippen LogP contribution is -2.25. The van der Waals surface area contributed by atoms with Gasteiger partial charge in [0.25, 0.3) is 0 Å². The Labute approximate surface area is 293 Å². The zero-order valence-electron chi connectivity index (χ0n) is 27.5. The molecule has 2 unspecified atom stereocenters. The van der Waals surface area contributed by atoms with Crippen molar-refractivity contribution in [2.45, 2.75) is 12.0 Å². The van der Waals surface area contributed by atoms with Crippen LogP contribution in [0.15, 0.2) is 193 Å². The van der Waals surface area contributed by atoms with Gasteiger partial charge in [0.15, 0.2) is 0 Å². The molecule has 0 radical (unpaired) electrons. The normalized spacial score (nSPS) is 16.2. The third-order valence-electron chi connectivity index (χ3n) is 9.82. The van der Waals surface area contributed by atoms with Crippen molar-refractivity contribution in [1.82, 2.24) is 4.98 Å². The van der Waals surface area contributed by atoms with E-state index in [0.717, 1.165) is 39.4 Å². The number of aliphatic imine (C=N–C) groups is 1. The summed E-state index contributed by atoms with van der Waals surface area (Å²) in [5.41, 5.74) is 16.0. The van der Waals surface area contributed by atoms with Crippen molar-refractivity contribution in [2.75, 3.05) is 0 Å². The van der Waals surface area contributed by atoms with Gasteiger partial charge in [0, 0.05) is 17.0 Å². The molecule has 2 heteroatoms. The van der Waals surface area contributed by atoms with E-state index in [1.807, 2.05) is 0 Å². The molecule has 50 heavy (non-hydrogen) atoms. The first-order chi connectivity index (χ1) is 24.8. The SMILES string of the molecule is C1=CC2N=C(c3ccccc3)C=C(c3ccccc3)C2c2ccc(-c3cc(-c4ccccc4)nc(-c4cccc(-c5ccccc5)c4)c3)cc21. The lowest BCUT2D eigenvalue weighted by atomic mass is 9.74. The van der Waals surface area contributed by atoms with E-state index in [9.17, 15) is 0 Å². The zero-order valence-corrected chi connectivity index (χ0v) is 27.5. The summed E-state index contributed by atoms with van der Waals surface area (Å²) in [6.45, 7) is 0. The predicted molar refractivity (Wildman–Crippen MR) is 209 cm³/mol. The fourth-order valence-corrected chi connectivity index (χ4v) is 7.33. The highest BCUT2D eigenvalue weighted by atomic mass is 14.8. The Bertz CT molecular complexity index is 2410. The van der Waals surface area contributed by atoms with Crippen LogP contribution >= 0.6 is 0 Å². The minimum absolute atomic E-state index is 0.0258. The number of pyridine rings is 1. The smallest absolute Gasteiger partial charge is 0.0800 e. The fraction of sp³-hybridized carbons (Fsp3) is 0.0417. The van der Waals surface area contributed by atoms with Gasteiger partial charge in [-0.3, -0.25) is 4.99 Å². The minimum atomic E-state index is 0.0258. The van der Waals surface area contributed by atoms with Gasteiger partial charge in [-0.15, -0.1) is 0 Å². The standard InChI is InChI=1S/C48H34N2/c1-5-14-33(15-6-1)37-22-13-23-40(29-37)46-31-41(30-45(50-46)35-18-9-3-10-19-35)38-24-26-42-39(28-38)25-27-44-48(42)43(34-16-7-2-8-17-34)32-47(49-44)36-20-11-4-12-21-36/h1-32,44,48H. The number of aromatic nitrogens is 1. The van der Waals surface area contributed by atoms with Crippen LogP contribution in [-0.4, -0.2) is 16.7 Å². The quantitative estimate of drug-likeness (QED) is 0.178. The Hall–Kier alpha value is -6.38. The minimum Gasteiger partial charge on any atom is -0.276 e. The van der Waals surface area contributed by atoms with Crippen molar-refractivity contribution in [3.8, 4) is 44.8 Å². The Morgan fingerprint density at radius 2 is 0.960 bits per heavy atom. The first-order valence-corrected chi connectivity index (χ1v) is 17.2. The van der Waals surface area contributed by atoms with E-state index in [1.54, 1.807) is 0 Å². The Kier molecular flexibility index (Phi) is 7.68. The number of benzene rings is 6. The van der Waals surface area contributed by atoms with Gasteiger partial charge in [-0.05, 0) is 80.4 Å². The first-order valence-electron chi connectivity index (χ1n) is 17.2. The topological polar surface area (TPSA) is 25.2 Å². The number of dihydropyridines is 1. The van der Waals surface area contributed by atoms with Crippen molar-refractivity contribution in [2.24, 2.45) is 4.99 Å². The molecule has 0 fully saturated rings. The summed E-state index contributed by atoms with van der Waals surface area (Å²) >= 11 is 0. The molecule has 1 aliphatic heterocycles.